The zero-order chi connectivity index (χ0) is 34.7. The fraction of sp³-hybridized carbons (Fsp3) is 0.500. The van der Waals surface area contributed by atoms with Crippen molar-refractivity contribution in [3.05, 3.63) is 53.1 Å². The summed E-state index contributed by atoms with van der Waals surface area (Å²) in [6.07, 6.45) is -9.19. The van der Waals surface area contributed by atoms with Gasteiger partial charge in [-0.15, -0.1) is 0 Å². The molecule has 0 bridgehead atoms. The van der Waals surface area contributed by atoms with Gasteiger partial charge in [-0.3, -0.25) is 4.79 Å². The summed E-state index contributed by atoms with van der Waals surface area (Å²) in [4.78, 5) is 26.6. The predicted molar refractivity (Wildman–Crippen MR) is 160 cm³/mol. The van der Waals surface area contributed by atoms with Gasteiger partial charge in [-0.25, -0.2) is 4.79 Å². The van der Waals surface area contributed by atoms with Crippen LogP contribution in [0.25, 0.3) is 6.08 Å². The average Bonchev–Trinajstić information content (AvgIpc) is 3.67. The van der Waals surface area contributed by atoms with Crippen LogP contribution in [0, 0.1) is 0 Å². The van der Waals surface area contributed by atoms with Crippen LogP contribution in [0.15, 0.2) is 36.4 Å². The Morgan fingerprint density at radius 3 is 1.98 bits per heavy atom. The summed E-state index contributed by atoms with van der Waals surface area (Å²) in [5, 5.41) is 51.4. The van der Waals surface area contributed by atoms with E-state index in [1.165, 1.54) is 52.7 Å². The third kappa shape index (κ3) is 7.06. The number of aromatic hydroxyl groups is 1. The lowest BCUT2D eigenvalue weighted by molar-refractivity contribution is -0.193. The van der Waals surface area contributed by atoms with E-state index >= 15 is 0 Å². The zero-order valence-electron chi connectivity index (χ0n) is 26.5. The third-order valence-electron chi connectivity index (χ3n) is 8.17. The lowest BCUT2D eigenvalue weighted by Crippen LogP contribution is -2.36. The summed E-state index contributed by atoms with van der Waals surface area (Å²) in [6, 6.07) is 7.49. The molecule has 16 heteroatoms. The van der Waals surface area contributed by atoms with E-state index in [9.17, 15) is 35.1 Å². The molecule has 0 radical (unpaired) electrons. The number of methoxy groups -OCH3 is 4. The van der Waals surface area contributed by atoms with E-state index in [0.29, 0.717) is 11.1 Å². The maximum absolute atomic E-state index is 13.9. The first kappa shape index (κ1) is 35.3. The van der Waals surface area contributed by atoms with E-state index in [4.69, 9.17) is 42.6 Å². The molecule has 48 heavy (non-hydrogen) atoms. The molecule has 3 aliphatic rings. The van der Waals surface area contributed by atoms with E-state index < -0.39 is 73.2 Å². The fourth-order valence-corrected chi connectivity index (χ4v) is 5.72. The van der Waals surface area contributed by atoms with Crippen molar-refractivity contribution in [3.63, 3.8) is 0 Å². The number of aliphatic hydroxyl groups excluding tert-OH is 4. The molecule has 0 saturated carbocycles. The number of rotatable bonds is 12. The molecule has 2 saturated heterocycles. The monoisotopic (exact) mass is 678 g/mol. The van der Waals surface area contributed by atoms with Crippen LogP contribution in [0.3, 0.4) is 0 Å². The lowest BCUT2D eigenvalue weighted by Gasteiger charge is -2.22. The minimum atomic E-state index is -1.56. The Bertz CT molecular complexity index is 1490. The van der Waals surface area contributed by atoms with Crippen LogP contribution in [0.4, 0.5) is 0 Å². The Balaban J connectivity index is 1.44. The van der Waals surface area contributed by atoms with Gasteiger partial charge in [0.15, 0.2) is 23.0 Å². The molecule has 5 rings (SSSR count). The summed E-state index contributed by atoms with van der Waals surface area (Å²) >= 11 is 0. The molecule has 5 N–H and O–H groups in total. The van der Waals surface area contributed by atoms with E-state index in [2.05, 4.69) is 0 Å². The molecule has 0 spiro atoms. The van der Waals surface area contributed by atoms with Crippen molar-refractivity contribution in [2.45, 2.75) is 61.2 Å². The van der Waals surface area contributed by atoms with Crippen LogP contribution >= 0.6 is 0 Å². The SMILES string of the molecule is COC[C@@H]1O[C@@H](OC(=O)/C=C/c2cc(OC)c3c(c2)C(C(=O)O[C@@H]2O[C@@H](COC)[C@H](O)[C@H]2O)C(c2ccc(O)c(OC)c2)O3)[C@H](O)[C@H]1O. The first-order valence-electron chi connectivity index (χ1n) is 14.9. The van der Waals surface area contributed by atoms with Gasteiger partial charge in [-0.05, 0) is 41.5 Å². The number of aliphatic hydroxyl groups is 4. The third-order valence-corrected chi connectivity index (χ3v) is 8.17. The van der Waals surface area contributed by atoms with Crippen molar-refractivity contribution < 1.29 is 77.8 Å². The van der Waals surface area contributed by atoms with Gasteiger partial charge < -0.3 is 68.2 Å². The quantitative estimate of drug-likeness (QED) is 0.146. The molecule has 0 amide bonds. The largest absolute Gasteiger partial charge is 0.504 e. The van der Waals surface area contributed by atoms with E-state index in [1.807, 2.05) is 0 Å². The van der Waals surface area contributed by atoms with Crippen molar-refractivity contribution in [3.8, 4) is 23.0 Å². The van der Waals surface area contributed by atoms with Crippen LogP contribution < -0.4 is 14.2 Å². The molecular formula is C32H38O16. The summed E-state index contributed by atoms with van der Waals surface area (Å²) in [6.45, 7) is -0.0894. The summed E-state index contributed by atoms with van der Waals surface area (Å²) < 4.78 is 48.7. The summed E-state index contributed by atoms with van der Waals surface area (Å²) in [5.41, 5.74) is 1.07. The zero-order valence-corrected chi connectivity index (χ0v) is 26.5. The second-order valence-electron chi connectivity index (χ2n) is 11.3. The van der Waals surface area contributed by atoms with Crippen molar-refractivity contribution in [2.24, 2.45) is 0 Å². The first-order chi connectivity index (χ1) is 23.0. The molecule has 2 fully saturated rings. The molecule has 16 nitrogen and oxygen atoms in total. The minimum Gasteiger partial charge on any atom is -0.504 e. The van der Waals surface area contributed by atoms with Gasteiger partial charge in [0.1, 0.15) is 48.6 Å². The molecule has 2 aromatic carbocycles. The first-order valence-corrected chi connectivity index (χ1v) is 14.9. The molecule has 3 heterocycles. The molecule has 0 aliphatic carbocycles. The van der Waals surface area contributed by atoms with Crippen molar-refractivity contribution >= 4 is 18.0 Å². The van der Waals surface area contributed by atoms with Crippen LogP contribution in [-0.2, 0) is 38.0 Å². The topological polar surface area (TPSA) is 218 Å². The average molecular weight is 679 g/mol. The van der Waals surface area contributed by atoms with E-state index in [-0.39, 0.29) is 41.8 Å². The van der Waals surface area contributed by atoms with Gasteiger partial charge in [-0.2, -0.15) is 0 Å². The molecule has 2 aromatic rings. The van der Waals surface area contributed by atoms with Crippen molar-refractivity contribution in [1.82, 2.24) is 0 Å². The predicted octanol–water partition coefficient (Wildman–Crippen LogP) is -0.0875. The van der Waals surface area contributed by atoms with Crippen LogP contribution in [0.2, 0.25) is 0 Å². The highest BCUT2D eigenvalue weighted by molar-refractivity contribution is 5.88. The van der Waals surface area contributed by atoms with Crippen LogP contribution in [0.1, 0.15) is 28.7 Å². The number of carbonyl (C=O) groups excluding carboxylic acids is 2. The Morgan fingerprint density at radius 2 is 1.40 bits per heavy atom. The maximum atomic E-state index is 13.9. The van der Waals surface area contributed by atoms with Crippen LogP contribution in [0.5, 0.6) is 23.0 Å². The summed E-state index contributed by atoms with van der Waals surface area (Å²) in [7, 11) is 5.52. The highest BCUT2D eigenvalue weighted by Gasteiger charge is 2.49. The normalized spacial score (nSPS) is 31.0. The maximum Gasteiger partial charge on any atom is 0.333 e. The number of esters is 2. The highest BCUT2D eigenvalue weighted by atomic mass is 16.7. The Labute approximate surface area is 274 Å². The molecule has 3 aliphatic heterocycles. The number of hydrogen-bond acceptors (Lipinski definition) is 16. The highest BCUT2D eigenvalue weighted by Crippen LogP contribution is 2.52. The van der Waals surface area contributed by atoms with E-state index in [0.717, 1.165) is 6.08 Å². The molecule has 262 valence electrons. The Hall–Kier alpha value is -4.00. The van der Waals surface area contributed by atoms with Crippen molar-refractivity contribution in [2.75, 3.05) is 41.7 Å². The molecular weight excluding hydrogens is 640 g/mol. The Morgan fingerprint density at radius 1 is 0.792 bits per heavy atom. The smallest absolute Gasteiger partial charge is 0.333 e. The second-order valence-corrected chi connectivity index (χ2v) is 11.3. The van der Waals surface area contributed by atoms with Gasteiger partial charge in [0.25, 0.3) is 0 Å². The number of phenolic OH excluding ortho intramolecular Hbond substituents is 1. The molecule has 10 atom stereocenters. The number of fused-ring (bicyclic) bond motifs is 1. The minimum absolute atomic E-state index is 0.0270. The van der Waals surface area contributed by atoms with Crippen molar-refractivity contribution in [1.29, 1.82) is 0 Å². The Kier molecular flexibility index (Phi) is 11.1. The molecule has 2 unspecified atom stereocenters. The number of hydrogen-bond donors (Lipinski definition) is 5. The number of ether oxygens (including phenoxy) is 9. The number of phenols is 1. The molecule has 0 aromatic heterocycles. The van der Waals surface area contributed by atoms with Gasteiger partial charge in [0.2, 0.25) is 12.6 Å². The second kappa shape index (κ2) is 15.0. The standard InChI is InChI=1S/C32H38O16/c1-40-12-20-24(35)26(37)31(44-20)46-22(34)8-5-14-9-16-23(30(39)48-32-27(38)25(36)21(45-32)13-41-2)28(47-29(16)19(10-14)43-4)15-6-7-17(33)18(11-15)42-3/h5-11,20-21,23-28,31-33,35-38H,12-13H2,1-4H3/b8-5+/t20-,21-,23?,24-,25-,26+,27+,28?,31-,32-/m0/s1. The van der Waals surface area contributed by atoms with Gasteiger partial charge in [-0.1, -0.05) is 6.07 Å². The number of benzene rings is 2. The van der Waals surface area contributed by atoms with Gasteiger partial charge in [0, 0.05) is 25.9 Å². The fourth-order valence-electron chi connectivity index (χ4n) is 5.72. The van der Waals surface area contributed by atoms with Crippen LogP contribution in [-0.4, -0.2) is 128 Å². The van der Waals surface area contributed by atoms with Gasteiger partial charge >= 0.3 is 11.9 Å². The lowest BCUT2D eigenvalue weighted by atomic mass is 9.89. The number of carbonyl (C=O) groups is 2. The van der Waals surface area contributed by atoms with E-state index in [1.54, 1.807) is 12.1 Å². The van der Waals surface area contributed by atoms with Gasteiger partial charge in [0.05, 0.1) is 27.4 Å². The summed E-state index contributed by atoms with van der Waals surface area (Å²) in [5.74, 6) is -2.65.